The van der Waals surface area contributed by atoms with E-state index in [4.69, 9.17) is 5.26 Å². The van der Waals surface area contributed by atoms with Crippen LogP contribution in [-0.4, -0.2) is 29.0 Å². The summed E-state index contributed by atoms with van der Waals surface area (Å²) in [6, 6.07) is 10.7. The van der Waals surface area contributed by atoms with E-state index in [2.05, 4.69) is 21.7 Å². The van der Waals surface area contributed by atoms with Gasteiger partial charge in [0.1, 0.15) is 0 Å². The normalized spacial score (nSPS) is 25.3. The number of carbonyl (C=O) groups is 1. The first-order valence-electron chi connectivity index (χ1n) is 7.76. The molecule has 5 nitrogen and oxygen atoms in total. The van der Waals surface area contributed by atoms with Gasteiger partial charge < -0.3 is 10.6 Å². The lowest BCUT2D eigenvalue weighted by atomic mass is 9.95. The van der Waals surface area contributed by atoms with E-state index in [0.717, 1.165) is 23.3 Å². The van der Waals surface area contributed by atoms with Crippen molar-refractivity contribution in [2.75, 3.05) is 0 Å². The van der Waals surface area contributed by atoms with Crippen LogP contribution in [0.4, 0.5) is 0 Å². The topological polar surface area (TPSA) is 77.8 Å². The van der Waals surface area contributed by atoms with Crippen molar-refractivity contribution in [3.63, 3.8) is 0 Å². The van der Waals surface area contributed by atoms with E-state index in [1.54, 1.807) is 12.3 Å². The van der Waals surface area contributed by atoms with Crippen molar-refractivity contribution < 1.29 is 4.79 Å². The lowest BCUT2D eigenvalue weighted by molar-refractivity contribution is 0.0930. The predicted molar refractivity (Wildman–Crippen MR) is 88.1 cm³/mol. The molecule has 2 bridgehead atoms. The van der Waals surface area contributed by atoms with Crippen molar-refractivity contribution in [3.05, 3.63) is 41.0 Å². The average molecular weight is 324 g/mol. The van der Waals surface area contributed by atoms with Crippen molar-refractivity contribution in [1.82, 2.24) is 15.6 Å². The Labute approximate surface area is 138 Å². The van der Waals surface area contributed by atoms with Crippen LogP contribution in [0.25, 0.3) is 10.4 Å². The Kier molecular flexibility index (Phi) is 3.60. The number of fused-ring (bicyclic) bond motifs is 2. The summed E-state index contributed by atoms with van der Waals surface area (Å²) in [4.78, 5) is 17.6. The van der Waals surface area contributed by atoms with E-state index >= 15 is 0 Å². The van der Waals surface area contributed by atoms with Gasteiger partial charge in [-0.2, -0.15) is 5.26 Å². The highest BCUT2D eigenvalue weighted by Crippen LogP contribution is 2.30. The van der Waals surface area contributed by atoms with Gasteiger partial charge in [0.15, 0.2) is 5.01 Å². The number of nitrogens with one attached hydrogen (secondary N) is 2. The number of hydrogen-bond donors (Lipinski definition) is 2. The third-order valence-corrected chi connectivity index (χ3v) is 5.64. The Hall–Kier alpha value is -2.23. The number of thiazole rings is 1. The molecule has 0 spiro atoms. The fourth-order valence-corrected chi connectivity index (χ4v) is 4.28. The van der Waals surface area contributed by atoms with Crippen molar-refractivity contribution >= 4 is 17.2 Å². The molecule has 0 saturated carbocycles. The monoisotopic (exact) mass is 324 g/mol. The van der Waals surface area contributed by atoms with Crippen LogP contribution in [0.15, 0.2) is 30.5 Å². The van der Waals surface area contributed by atoms with Crippen LogP contribution in [0.1, 0.15) is 34.6 Å². The summed E-state index contributed by atoms with van der Waals surface area (Å²) >= 11 is 1.36. The molecule has 4 rings (SSSR count). The Bertz CT molecular complexity index is 794. The molecular weight excluding hydrogens is 308 g/mol. The maximum absolute atomic E-state index is 12.4. The second kappa shape index (κ2) is 5.76. The van der Waals surface area contributed by atoms with Gasteiger partial charge in [-0.3, -0.25) is 4.79 Å². The Morgan fingerprint density at radius 3 is 3.09 bits per heavy atom. The van der Waals surface area contributed by atoms with Crippen molar-refractivity contribution in [1.29, 1.82) is 5.26 Å². The van der Waals surface area contributed by atoms with Gasteiger partial charge in [-0.25, -0.2) is 4.98 Å². The second-order valence-electron chi connectivity index (χ2n) is 6.09. The fraction of sp³-hybridized carbons (Fsp3) is 0.353. The maximum atomic E-state index is 12.4. The molecule has 0 unspecified atom stereocenters. The molecule has 2 N–H and O–H groups in total. The summed E-state index contributed by atoms with van der Waals surface area (Å²) < 4.78 is 0. The smallest absolute Gasteiger partial charge is 0.280 e. The molecule has 23 heavy (non-hydrogen) atoms. The van der Waals surface area contributed by atoms with Crippen molar-refractivity contribution in [3.8, 4) is 16.5 Å². The lowest BCUT2D eigenvalue weighted by Crippen LogP contribution is -2.42. The quantitative estimate of drug-likeness (QED) is 0.908. The summed E-state index contributed by atoms with van der Waals surface area (Å²) in [5, 5.41) is 16.1. The average Bonchev–Trinajstić information content (AvgIpc) is 3.31. The van der Waals surface area contributed by atoms with Crippen LogP contribution in [0, 0.1) is 11.3 Å². The van der Waals surface area contributed by atoms with Gasteiger partial charge in [-0.15, -0.1) is 11.3 Å². The maximum Gasteiger partial charge on any atom is 0.280 e. The van der Waals surface area contributed by atoms with Gasteiger partial charge in [-0.05, 0) is 37.0 Å². The molecule has 2 aromatic rings. The van der Waals surface area contributed by atoms with Gasteiger partial charge in [0, 0.05) is 24.3 Å². The summed E-state index contributed by atoms with van der Waals surface area (Å²) in [7, 11) is 0. The molecule has 1 amide bonds. The Morgan fingerprint density at radius 1 is 1.43 bits per heavy atom. The highest BCUT2D eigenvalue weighted by atomic mass is 32.1. The second-order valence-corrected chi connectivity index (χ2v) is 7.12. The minimum atomic E-state index is -0.1000. The molecule has 116 valence electrons. The molecule has 2 aliphatic heterocycles. The van der Waals surface area contributed by atoms with Crippen LogP contribution in [0.3, 0.4) is 0 Å². The summed E-state index contributed by atoms with van der Waals surface area (Å²) in [6.07, 6.45) is 5.07. The van der Waals surface area contributed by atoms with Crippen LogP contribution in [0.5, 0.6) is 0 Å². The minimum Gasteiger partial charge on any atom is -0.346 e. The van der Waals surface area contributed by atoms with E-state index in [1.165, 1.54) is 17.8 Å². The van der Waals surface area contributed by atoms with Gasteiger partial charge in [0.05, 0.1) is 16.5 Å². The summed E-state index contributed by atoms with van der Waals surface area (Å²) in [6.45, 7) is 0. The summed E-state index contributed by atoms with van der Waals surface area (Å²) in [5.74, 6) is -0.1000. The van der Waals surface area contributed by atoms with E-state index < -0.39 is 0 Å². The van der Waals surface area contributed by atoms with Gasteiger partial charge in [0.2, 0.25) is 0 Å². The summed E-state index contributed by atoms with van der Waals surface area (Å²) in [5.41, 5.74) is 1.53. The minimum absolute atomic E-state index is 0.1000. The largest absolute Gasteiger partial charge is 0.346 e. The number of nitrogens with zero attached hydrogens (tertiary/aromatic N) is 2. The zero-order valence-electron chi connectivity index (χ0n) is 12.5. The number of rotatable bonds is 3. The SMILES string of the molecule is N#Cc1cccc(-c2cnc(C(=O)N[C@@H]3C[C@H]4CC[C@@H]3N4)s2)c1. The number of amides is 1. The van der Waals surface area contributed by atoms with Crippen molar-refractivity contribution in [2.24, 2.45) is 0 Å². The molecule has 6 heteroatoms. The van der Waals surface area contributed by atoms with Gasteiger partial charge in [0.25, 0.3) is 5.91 Å². The molecule has 0 aliphatic carbocycles. The van der Waals surface area contributed by atoms with E-state index in [1.807, 2.05) is 18.2 Å². The number of carbonyl (C=O) groups excluding carboxylic acids is 1. The lowest BCUT2D eigenvalue weighted by Gasteiger charge is -2.20. The number of hydrogen-bond acceptors (Lipinski definition) is 5. The van der Waals surface area contributed by atoms with Gasteiger partial charge in [-0.1, -0.05) is 12.1 Å². The first kappa shape index (κ1) is 14.4. The fourth-order valence-electron chi connectivity index (χ4n) is 3.47. The standard InChI is InChI=1S/C17H16N4OS/c18-8-10-2-1-3-11(6-10)15-9-19-17(23-15)16(22)21-14-7-12-4-5-13(14)20-12/h1-3,6,9,12-14,20H,4-5,7H2,(H,21,22)/t12-,13+,14-/m1/s1. The van der Waals surface area contributed by atoms with Gasteiger partial charge >= 0.3 is 0 Å². The molecule has 2 aliphatic rings. The molecule has 3 atom stereocenters. The highest BCUT2D eigenvalue weighted by molar-refractivity contribution is 7.16. The molecule has 1 aromatic heterocycles. The third kappa shape index (κ3) is 2.74. The zero-order valence-corrected chi connectivity index (χ0v) is 13.3. The van der Waals surface area contributed by atoms with E-state index in [-0.39, 0.29) is 11.9 Å². The first-order chi connectivity index (χ1) is 11.2. The highest BCUT2D eigenvalue weighted by Gasteiger charge is 2.39. The van der Waals surface area contributed by atoms with Crippen LogP contribution >= 0.6 is 11.3 Å². The molecule has 3 heterocycles. The zero-order chi connectivity index (χ0) is 15.8. The third-order valence-electron chi connectivity index (χ3n) is 4.59. The molecular formula is C17H16N4OS. The Morgan fingerprint density at radius 2 is 2.35 bits per heavy atom. The molecule has 2 saturated heterocycles. The Balaban J connectivity index is 1.49. The number of benzene rings is 1. The molecule has 0 radical (unpaired) electrons. The van der Waals surface area contributed by atoms with Crippen LogP contribution in [0.2, 0.25) is 0 Å². The van der Waals surface area contributed by atoms with Crippen LogP contribution in [-0.2, 0) is 0 Å². The van der Waals surface area contributed by atoms with E-state index in [9.17, 15) is 4.79 Å². The van der Waals surface area contributed by atoms with Crippen molar-refractivity contribution in [2.45, 2.75) is 37.4 Å². The predicted octanol–water partition coefficient (Wildman–Crippen LogP) is 2.30. The first-order valence-corrected chi connectivity index (χ1v) is 8.58. The molecule has 1 aromatic carbocycles. The number of aromatic nitrogens is 1. The van der Waals surface area contributed by atoms with E-state index in [0.29, 0.717) is 22.7 Å². The molecule has 2 fully saturated rings. The van der Waals surface area contributed by atoms with Crippen LogP contribution < -0.4 is 10.6 Å². The number of nitriles is 1.